The van der Waals surface area contributed by atoms with Gasteiger partial charge < -0.3 is 14.6 Å². The molecule has 2 aromatic rings. The molecule has 5 heteroatoms. The van der Waals surface area contributed by atoms with Gasteiger partial charge in [0.1, 0.15) is 18.1 Å². The third kappa shape index (κ3) is 12.2. The van der Waals surface area contributed by atoms with Crippen LogP contribution in [0, 0.1) is 13.8 Å². The number of carbonyl (C=O) groups excluding carboxylic acids is 1. The standard InChI is InChI=1S/C37H56O5/c1-7-8-15-18-32(38)19-16-13-11-9-10-12-14-17-20-33(31-21-22-35(41-6)34(25-31)27(2)3)36-28(4)23-30(24-29(36)5)26-42-37(39)40/h21-25,27,33H,7-20,26H2,1-6H3,(H,39,40). The Morgan fingerprint density at radius 1 is 0.810 bits per heavy atom. The third-order valence-electron chi connectivity index (χ3n) is 8.40. The summed E-state index contributed by atoms with van der Waals surface area (Å²) in [4.78, 5) is 22.9. The Balaban J connectivity index is 1.99. The van der Waals surface area contributed by atoms with E-state index in [1.165, 1.54) is 79.2 Å². The van der Waals surface area contributed by atoms with Crippen molar-refractivity contribution in [2.24, 2.45) is 0 Å². The minimum atomic E-state index is -1.25. The number of hydrogen-bond donors (Lipinski definition) is 1. The average molecular weight is 581 g/mol. The number of rotatable bonds is 21. The summed E-state index contributed by atoms with van der Waals surface area (Å²) >= 11 is 0. The zero-order chi connectivity index (χ0) is 30.9. The number of benzene rings is 2. The predicted octanol–water partition coefficient (Wildman–Crippen LogP) is 10.8. The Morgan fingerprint density at radius 2 is 1.38 bits per heavy atom. The summed E-state index contributed by atoms with van der Waals surface area (Å²) in [5, 5.41) is 8.94. The zero-order valence-electron chi connectivity index (χ0n) is 27.2. The second kappa shape index (κ2) is 19.4. The van der Waals surface area contributed by atoms with Crippen molar-refractivity contribution in [2.75, 3.05) is 7.11 Å². The molecule has 234 valence electrons. The number of ether oxygens (including phenoxy) is 2. The Kier molecular flexibility index (Phi) is 16.3. The minimum absolute atomic E-state index is 0.0667. The van der Waals surface area contributed by atoms with E-state index in [9.17, 15) is 9.59 Å². The largest absolute Gasteiger partial charge is 0.506 e. The van der Waals surface area contributed by atoms with Crippen molar-refractivity contribution in [3.63, 3.8) is 0 Å². The molecule has 0 aromatic heterocycles. The molecule has 2 aromatic carbocycles. The van der Waals surface area contributed by atoms with Gasteiger partial charge in [0.05, 0.1) is 7.11 Å². The SMILES string of the molecule is CCCCCC(=O)CCCCCCCCCCC(c1ccc(OC)c(C(C)C)c1)c1c(C)cc(COC(=O)O)cc1C. The number of hydrogen-bond acceptors (Lipinski definition) is 4. The molecule has 0 aliphatic carbocycles. The fourth-order valence-electron chi connectivity index (χ4n) is 6.17. The molecular formula is C37H56O5. The lowest BCUT2D eigenvalue weighted by molar-refractivity contribution is -0.119. The highest BCUT2D eigenvalue weighted by molar-refractivity contribution is 5.78. The van der Waals surface area contributed by atoms with Gasteiger partial charge in [0.15, 0.2) is 0 Å². The summed E-state index contributed by atoms with van der Waals surface area (Å²) in [5.74, 6) is 2.00. The summed E-state index contributed by atoms with van der Waals surface area (Å²) in [6.07, 6.45) is 14.3. The molecule has 0 heterocycles. The van der Waals surface area contributed by atoms with Gasteiger partial charge in [-0.3, -0.25) is 4.79 Å². The van der Waals surface area contributed by atoms with E-state index < -0.39 is 6.16 Å². The highest BCUT2D eigenvalue weighted by Crippen LogP contribution is 2.38. The van der Waals surface area contributed by atoms with Crippen LogP contribution in [0.4, 0.5) is 4.79 Å². The summed E-state index contributed by atoms with van der Waals surface area (Å²) < 4.78 is 10.5. The van der Waals surface area contributed by atoms with Crippen molar-refractivity contribution in [3.05, 3.63) is 63.7 Å². The number of ketones is 1. The van der Waals surface area contributed by atoms with Crippen LogP contribution in [0.3, 0.4) is 0 Å². The van der Waals surface area contributed by atoms with Crippen LogP contribution >= 0.6 is 0 Å². The predicted molar refractivity (Wildman–Crippen MR) is 173 cm³/mol. The first-order valence-electron chi connectivity index (χ1n) is 16.3. The molecule has 0 radical (unpaired) electrons. The highest BCUT2D eigenvalue weighted by atomic mass is 16.7. The number of aryl methyl sites for hydroxylation is 2. The molecule has 0 saturated heterocycles. The van der Waals surface area contributed by atoms with Crippen LogP contribution in [0.15, 0.2) is 30.3 Å². The lowest BCUT2D eigenvalue weighted by atomic mass is 9.80. The minimum Gasteiger partial charge on any atom is -0.496 e. The molecule has 42 heavy (non-hydrogen) atoms. The number of Topliss-reactive ketones (excluding diaryl/α,β-unsaturated/α-hetero) is 1. The first-order valence-corrected chi connectivity index (χ1v) is 16.3. The zero-order valence-corrected chi connectivity index (χ0v) is 27.2. The van der Waals surface area contributed by atoms with E-state index in [0.29, 0.717) is 11.7 Å². The molecule has 0 aliphatic heterocycles. The molecule has 1 N–H and O–H groups in total. The van der Waals surface area contributed by atoms with Crippen molar-refractivity contribution in [3.8, 4) is 5.75 Å². The molecule has 0 aliphatic rings. The van der Waals surface area contributed by atoms with Crippen LogP contribution in [-0.2, 0) is 16.1 Å². The normalized spacial score (nSPS) is 12.0. The fraction of sp³-hybridized carbons (Fsp3) is 0.622. The summed E-state index contributed by atoms with van der Waals surface area (Å²) in [6, 6.07) is 10.8. The van der Waals surface area contributed by atoms with Gasteiger partial charge in [0.2, 0.25) is 0 Å². The van der Waals surface area contributed by atoms with Crippen molar-refractivity contribution < 1.29 is 24.2 Å². The van der Waals surface area contributed by atoms with Crippen molar-refractivity contribution >= 4 is 11.9 Å². The van der Waals surface area contributed by atoms with E-state index in [1.54, 1.807) is 7.11 Å². The number of unbranched alkanes of at least 4 members (excludes halogenated alkanes) is 9. The molecule has 0 fully saturated rings. The van der Waals surface area contributed by atoms with E-state index in [-0.39, 0.29) is 12.5 Å². The maximum atomic E-state index is 11.9. The van der Waals surface area contributed by atoms with Crippen LogP contribution in [0.2, 0.25) is 0 Å². The maximum absolute atomic E-state index is 11.9. The Hall–Kier alpha value is -2.82. The first-order chi connectivity index (χ1) is 20.2. The molecule has 0 spiro atoms. The molecule has 5 nitrogen and oxygen atoms in total. The monoisotopic (exact) mass is 580 g/mol. The van der Waals surface area contributed by atoms with Gasteiger partial charge >= 0.3 is 6.16 Å². The summed E-state index contributed by atoms with van der Waals surface area (Å²) in [6.45, 7) is 10.9. The molecule has 0 saturated carbocycles. The average Bonchev–Trinajstić information content (AvgIpc) is 2.95. The molecule has 1 atom stereocenters. The number of carboxylic acid groups (broad SMARTS) is 1. The van der Waals surface area contributed by atoms with E-state index in [1.807, 2.05) is 0 Å². The van der Waals surface area contributed by atoms with E-state index in [4.69, 9.17) is 14.6 Å². The molecule has 1 unspecified atom stereocenters. The van der Waals surface area contributed by atoms with Crippen LogP contribution < -0.4 is 4.74 Å². The van der Waals surface area contributed by atoms with Crippen LogP contribution in [0.25, 0.3) is 0 Å². The van der Waals surface area contributed by atoms with Gasteiger partial charge in [-0.25, -0.2) is 4.79 Å². The highest BCUT2D eigenvalue weighted by Gasteiger charge is 2.21. The lowest BCUT2D eigenvalue weighted by Gasteiger charge is -2.25. The van der Waals surface area contributed by atoms with Gasteiger partial charge in [0, 0.05) is 18.8 Å². The van der Waals surface area contributed by atoms with Gasteiger partial charge in [-0.1, -0.05) is 103 Å². The summed E-state index contributed by atoms with van der Waals surface area (Å²) in [5.41, 5.74) is 7.10. The molecule has 0 bridgehead atoms. The Bertz CT molecular complexity index is 1080. The smallest absolute Gasteiger partial charge is 0.496 e. The fourth-order valence-corrected chi connectivity index (χ4v) is 6.17. The number of methoxy groups -OCH3 is 1. The molecule has 2 rings (SSSR count). The van der Waals surface area contributed by atoms with E-state index in [2.05, 4.69) is 65.0 Å². The second-order valence-corrected chi connectivity index (χ2v) is 12.3. The first kappa shape index (κ1) is 35.4. The van der Waals surface area contributed by atoms with Gasteiger partial charge in [-0.05, 0) is 78.5 Å². The van der Waals surface area contributed by atoms with Crippen molar-refractivity contribution in [1.82, 2.24) is 0 Å². The van der Waals surface area contributed by atoms with Gasteiger partial charge in [-0.15, -0.1) is 0 Å². The maximum Gasteiger partial charge on any atom is 0.506 e. The Labute approximate surface area is 255 Å². The summed E-state index contributed by atoms with van der Waals surface area (Å²) in [7, 11) is 1.73. The van der Waals surface area contributed by atoms with Crippen LogP contribution in [0.1, 0.15) is 156 Å². The molecule has 0 amide bonds. The lowest BCUT2D eigenvalue weighted by Crippen LogP contribution is -2.09. The van der Waals surface area contributed by atoms with Crippen molar-refractivity contribution in [1.29, 1.82) is 0 Å². The topological polar surface area (TPSA) is 72.8 Å². The van der Waals surface area contributed by atoms with Gasteiger partial charge in [0.25, 0.3) is 0 Å². The molecular weight excluding hydrogens is 524 g/mol. The van der Waals surface area contributed by atoms with Gasteiger partial charge in [-0.2, -0.15) is 0 Å². The Morgan fingerprint density at radius 3 is 1.93 bits per heavy atom. The quantitative estimate of drug-likeness (QED) is 0.117. The number of carbonyl (C=O) groups is 2. The second-order valence-electron chi connectivity index (χ2n) is 12.3. The van der Waals surface area contributed by atoms with Crippen LogP contribution in [0.5, 0.6) is 5.75 Å². The van der Waals surface area contributed by atoms with Crippen LogP contribution in [-0.4, -0.2) is 24.2 Å². The third-order valence-corrected chi connectivity index (χ3v) is 8.40. The van der Waals surface area contributed by atoms with E-state index in [0.717, 1.165) is 49.8 Å². The van der Waals surface area contributed by atoms with E-state index >= 15 is 0 Å². The van der Waals surface area contributed by atoms with Crippen molar-refractivity contribution in [2.45, 2.75) is 143 Å².